The van der Waals surface area contributed by atoms with Gasteiger partial charge in [0.25, 0.3) is 0 Å². The summed E-state index contributed by atoms with van der Waals surface area (Å²) in [7, 11) is 0. The number of rotatable bonds is 8. The predicted molar refractivity (Wildman–Crippen MR) is 138 cm³/mol. The van der Waals surface area contributed by atoms with Gasteiger partial charge in [0, 0.05) is 45.9 Å². The summed E-state index contributed by atoms with van der Waals surface area (Å²) in [6, 6.07) is 10.8. The molecular formula is C30H34O4. The Balaban J connectivity index is 2.47. The fourth-order valence-corrected chi connectivity index (χ4v) is 4.21. The lowest BCUT2D eigenvalue weighted by molar-refractivity contribution is 0.0926. The molecule has 0 N–H and O–H groups in total. The van der Waals surface area contributed by atoms with Gasteiger partial charge in [-0.15, -0.1) is 0 Å². The molecule has 4 nitrogen and oxygen atoms in total. The lowest BCUT2D eigenvalue weighted by atomic mass is 9.86. The van der Waals surface area contributed by atoms with Crippen LogP contribution in [-0.4, -0.2) is 23.1 Å². The quantitative estimate of drug-likeness (QED) is 0.261. The summed E-state index contributed by atoms with van der Waals surface area (Å²) >= 11 is 0. The minimum absolute atomic E-state index is 0.0285. The van der Waals surface area contributed by atoms with Gasteiger partial charge in [-0.1, -0.05) is 55.4 Å². The third-order valence-corrected chi connectivity index (χ3v) is 6.22. The van der Waals surface area contributed by atoms with Crippen molar-refractivity contribution in [3.8, 4) is 0 Å². The number of hydrogen-bond acceptors (Lipinski definition) is 4. The second-order valence-electron chi connectivity index (χ2n) is 10.4. The average molecular weight is 459 g/mol. The van der Waals surface area contributed by atoms with Gasteiger partial charge in [0.05, 0.1) is 0 Å². The zero-order valence-corrected chi connectivity index (χ0v) is 21.4. The monoisotopic (exact) mass is 458 g/mol. The fraction of sp³-hybridized carbons (Fsp3) is 0.400. The Hall–Kier alpha value is -3.14. The van der Waals surface area contributed by atoms with Crippen LogP contribution in [0.2, 0.25) is 0 Å². The Bertz CT molecular complexity index is 1220. The fourth-order valence-electron chi connectivity index (χ4n) is 4.21. The second kappa shape index (κ2) is 9.61. The molecule has 0 heterocycles. The van der Waals surface area contributed by atoms with E-state index in [4.69, 9.17) is 0 Å². The number of carbonyl (C=O) groups excluding carboxylic acids is 4. The van der Waals surface area contributed by atoms with Gasteiger partial charge < -0.3 is 0 Å². The van der Waals surface area contributed by atoms with Gasteiger partial charge in [-0.05, 0) is 57.9 Å². The lowest BCUT2D eigenvalue weighted by Crippen LogP contribution is -2.14. The Morgan fingerprint density at radius 2 is 0.765 bits per heavy atom. The number of carbonyl (C=O) groups is 4. The molecule has 0 unspecified atom stereocenters. The van der Waals surface area contributed by atoms with E-state index in [9.17, 15) is 19.2 Å². The van der Waals surface area contributed by atoms with E-state index in [-0.39, 0.29) is 46.8 Å². The molecule has 0 saturated carbocycles. The van der Waals surface area contributed by atoms with Crippen LogP contribution in [-0.2, 0) is 0 Å². The van der Waals surface area contributed by atoms with Crippen LogP contribution >= 0.6 is 0 Å². The molecule has 0 aliphatic rings. The van der Waals surface area contributed by atoms with E-state index in [1.165, 1.54) is 0 Å². The maximum absolute atomic E-state index is 13.2. The predicted octanol–water partition coefficient (Wildman–Crippen LogP) is 7.35. The molecule has 0 radical (unpaired) electrons. The van der Waals surface area contributed by atoms with E-state index in [2.05, 4.69) is 0 Å². The number of fused-ring (bicyclic) bond motifs is 2. The summed E-state index contributed by atoms with van der Waals surface area (Å²) in [5.41, 5.74) is 1.98. The van der Waals surface area contributed by atoms with Crippen LogP contribution in [0.4, 0.5) is 0 Å². The Morgan fingerprint density at radius 1 is 0.441 bits per heavy atom. The molecule has 178 valence electrons. The highest BCUT2D eigenvalue weighted by Crippen LogP contribution is 2.33. The molecule has 0 amide bonds. The first-order chi connectivity index (χ1) is 15.8. The van der Waals surface area contributed by atoms with Gasteiger partial charge in [-0.25, -0.2) is 0 Å². The maximum Gasteiger partial charge on any atom is 0.166 e. The first kappa shape index (κ1) is 25.5. The van der Waals surface area contributed by atoms with E-state index < -0.39 is 0 Å². The van der Waals surface area contributed by atoms with Crippen molar-refractivity contribution in [2.24, 2.45) is 23.7 Å². The molecule has 0 aliphatic heterocycles. The molecule has 3 aromatic rings. The summed E-state index contributed by atoms with van der Waals surface area (Å²) in [6.07, 6.45) is 0. The first-order valence-electron chi connectivity index (χ1n) is 12.1. The molecule has 0 saturated heterocycles. The topological polar surface area (TPSA) is 68.3 Å². The van der Waals surface area contributed by atoms with Crippen molar-refractivity contribution in [1.29, 1.82) is 0 Å². The highest BCUT2D eigenvalue weighted by molar-refractivity contribution is 6.19. The molecule has 0 bridgehead atoms. The molecule has 3 rings (SSSR count). The second-order valence-corrected chi connectivity index (χ2v) is 10.4. The van der Waals surface area contributed by atoms with Crippen LogP contribution in [0.15, 0.2) is 36.4 Å². The normalized spacial score (nSPS) is 11.9. The van der Waals surface area contributed by atoms with Gasteiger partial charge in [0.2, 0.25) is 0 Å². The van der Waals surface area contributed by atoms with Crippen molar-refractivity contribution in [3.05, 3.63) is 58.7 Å². The van der Waals surface area contributed by atoms with Gasteiger partial charge in [0.1, 0.15) is 0 Å². The Labute approximate surface area is 201 Å². The molecule has 0 spiro atoms. The molecule has 34 heavy (non-hydrogen) atoms. The first-order valence-corrected chi connectivity index (χ1v) is 12.1. The highest BCUT2D eigenvalue weighted by Gasteiger charge is 2.23. The van der Waals surface area contributed by atoms with Crippen LogP contribution < -0.4 is 0 Å². The smallest absolute Gasteiger partial charge is 0.166 e. The van der Waals surface area contributed by atoms with Gasteiger partial charge in [0.15, 0.2) is 23.1 Å². The average Bonchev–Trinajstić information content (AvgIpc) is 2.78. The standard InChI is InChI=1S/C30H34O4/c1-15(2)27(31)21-10-19-9-20-11-22(28(32)16(3)4)13-26(30(34)18(7)8)24(20)14-23(19)25(12-21)29(33)17(5)6/h9-18H,1-8H3. The third-order valence-electron chi connectivity index (χ3n) is 6.22. The van der Waals surface area contributed by atoms with E-state index in [0.29, 0.717) is 33.0 Å². The van der Waals surface area contributed by atoms with Gasteiger partial charge in [-0.2, -0.15) is 0 Å². The minimum Gasteiger partial charge on any atom is -0.294 e. The molecule has 3 aromatic carbocycles. The molecule has 0 aromatic heterocycles. The van der Waals surface area contributed by atoms with E-state index in [0.717, 1.165) is 10.8 Å². The van der Waals surface area contributed by atoms with Crippen molar-refractivity contribution in [3.63, 3.8) is 0 Å². The highest BCUT2D eigenvalue weighted by atomic mass is 16.1. The van der Waals surface area contributed by atoms with Crippen molar-refractivity contribution in [2.75, 3.05) is 0 Å². The molecular weight excluding hydrogens is 424 g/mol. The van der Waals surface area contributed by atoms with Crippen LogP contribution in [0.3, 0.4) is 0 Å². The largest absolute Gasteiger partial charge is 0.294 e. The number of benzene rings is 3. The van der Waals surface area contributed by atoms with Crippen molar-refractivity contribution in [2.45, 2.75) is 55.4 Å². The summed E-state index contributed by atoms with van der Waals surface area (Å²) < 4.78 is 0. The minimum atomic E-state index is -0.244. The van der Waals surface area contributed by atoms with Crippen molar-refractivity contribution < 1.29 is 19.2 Å². The number of ketones is 4. The van der Waals surface area contributed by atoms with E-state index in [1.807, 2.05) is 79.7 Å². The molecule has 4 heteroatoms. The summed E-state index contributed by atoms with van der Waals surface area (Å²) in [4.78, 5) is 52.0. The lowest BCUT2D eigenvalue weighted by Gasteiger charge is -2.16. The van der Waals surface area contributed by atoms with Gasteiger partial charge >= 0.3 is 0 Å². The van der Waals surface area contributed by atoms with Crippen LogP contribution in [0, 0.1) is 23.7 Å². The molecule has 0 atom stereocenters. The third kappa shape index (κ3) is 4.72. The Morgan fingerprint density at radius 3 is 1.06 bits per heavy atom. The van der Waals surface area contributed by atoms with Gasteiger partial charge in [-0.3, -0.25) is 19.2 Å². The summed E-state index contributed by atoms with van der Waals surface area (Å²) in [6.45, 7) is 14.7. The Kier molecular flexibility index (Phi) is 7.21. The molecule has 0 aliphatic carbocycles. The maximum atomic E-state index is 13.2. The SMILES string of the molecule is CC(C)C(=O)c1cc(C(=O)C(C)C)c2cc3c(C(=O)C(C)C)cc(C(=O)C(C)C)cc3cc2c1. The summed E-state index contributed by atoms with van der Waals surface area (Å²) in [5, 5.41) is 2.93. The van der Waals surface area contributed by atoms with Crippen molar-refractivity contribution >= 4 is 44.7 Å². The van der Waals surface area contributed by atoms with Crippen LogP contribution in [0.25, 0.3) is 21.5 Å². The van der Waals surface area contributed by atoms with Crippen LogP contribution in [0.5, 0.6) is 0 Å². The van der Waals surface area contributed by atoms with Crippen LogP contribution in [0.1, 0.15) is 96.8 Å². The zero-order valence-electron chi connectivity index (χ0n) is 21.4. The van der Waals surface area contributed by atoms with E-state index in [1.54, 1.807) is 12.1 Å². The zero-order chi connectivity index (χ0) is 25.5. The van der Waals surface area contributed by atoms with E-state index >= 15 is 0 Å². The number of hydrogen-bond donors (Lipinski definition) is 0. The molecule has 0 fully saturated rings. The number of Topliss-reactive ketones (excluding diaryl/α,β-unsaturated/α-hetero) is 4. The summed E-state index contributed by atoms with van der Waals surface area (Å²) in [5.74, 6) is -1.05. The van der Waals surface area contributed by atoms with Crippen molar-refractivity contribution in [1.82, 2.24) is 0 Å².